The van der Waals surface area contributed by atoms with E-state index in [4.69, 9.17) is 9.47 Å². The van der Waals surface area contributed by atoms with Crippen LogP contribution in [0.1, 0.15) is 25.6 Å². The average Bonchev–Trinajstić information content (AvgIpc) is 3.24. The van der Waals surface area contributed by atoms with E-state index in [-0.39, 0.29) is 11.3 Å². The first-order valence-corrected chi connectivity index (χ1v) is 8.97. The van der Waals surface area contributed by atoms with Crippen molar-refractivity contribution < 1.29 is 23.5 Å². The minimum atomic E-state index is -0.471. The topological polar surface area (TPSA) is 77.0 Å². The normalized spacial score (nSPS) is 10.6. The fraction of sp³-hybridized carbons (Fsp3) is 0.0500. The number of nitrogens with one attached hydrogen (secondary N) is 1. The van der Waals surface area contributed by atoms with Crippen molar-refractivity contribution >= 4 is 29.4 Å². The molecule has 0 saturated carbocycles. The summed E-state index contributed by atoms with van der Waals surface area (Å²) >= 11 is 1.28. The molecule has 0 atom stereocenters. The smallest absolute Gasteiger partial charge is 0.353 e. The monoisotopic (exact) mass is 398 g/mol. The highest BCUT2D eigenvalue weighted by Gasteiger charge is 2.13. The molecule has 0 saturated heterocycles. The van der Waals surface area contributed by atoms with E-state index in [0.717, 1.165) is 0 Å². The van der Waals surface area contributed by atoms with Crippen LogP contribution in [-0.2, 0) is 0 Å². The first-order chi connectivity index (χ1) is 13.6. The quantitative estimate of drug-likeness (QED) is 0.296. The van der Waals surface area contributed by atoms with Crippen molar-refractivity contribution in [1.82, 2.24) is 5.43 Å². The molecule has 0 aliphatic heterocycles. The Morgan fingerprint density at radius 2 is 1.89 bits per heavy atom. The van der Waals surface area contributed by atoms with Crippen molar-refractivity contribution in [3.63, 3.8) is 0 Å². The van der Waals surface area contributed by atoms with E-state index < -0.39 is 17.7 Å². The van der Waals surface area contributed by atoms with Gasteiger partial charge in [0.25, 0.3) is 5.91 Å². The van der Waals surface area contributed by atoms with E-state index in [0.29, 0.717) is 16.2 Å². The number of nitrogens with zero attached hydrogens (tertiary/aromatic N) is 1. The number of ether oxygens (including phenoxy) is 2. The summed E-state index contributed by atoms with van der Waals surface area (Å²) < 4.78 is 23.5. The minimum absolute atomic E-state index is 0.272. The van der Waals surface area contributed by atoms with Crippen LogP contribution in [0.2, 0.25) is 0 Å². The van der Waals surface area contributed by atoms with Crippen LogP contribution in [-0.4, -0.2) is 25.2 Å². The Labute approximate surface area is 164 Å². The predicted octanol–water partition coefficient (Wildman–Crippen LogP) is 3.88. The van der Waals surface area contributed by atoms with Crippen molar-refractivity contribution in [3.05, 3.63) is 81.8 Å². The molecule has 3 aromatic rings. The van der Waals surface area contributed by atoms with E-state index >= 15 is 0 Å². The Morgan fingerprint density at radius 3 is 2.57 bits per heavy atom. The van der Waals surface area contributed by atoms with Crippen LogP contribution in [0.25, 0.3) is 0 Å². The number of thiophene rings is 1. The van der Waals surface area contributed by atoms with Crippen molar-refractivity contribution in [2.24, 2.45) is 5.10 Å². The second kappa shape index (κ2) is 8.92. The molecule has 0 spiro atoms. The average molecular weight is 398 g/mol. The van der Waals surface area contributed by atoms with Crippen LogP contribution in [0.15, 0.2) is 65.1 Å². The molecule has 0 unspecified atom stereocenters. The summed E-state index contributed by atoms with van der Waals surface area (Å²) in [6.07, 6.45) is 1.41. The molecule has 0 bridgehead atoms. The third-order valence-electron chi connectivity index (χ3n) is 3.60. The Morgan fingerprint density at radius 1 is 1.11 bits per heavy atom. The number of halogens is 1. The zero-order chi connectivity index (χ0) is 19.9. The van der Waals surface area contributed by atoms with E-state index in [1.807, 2.05) is 0 Å². The number of hydrogen-bond acceptors (Lipinski definition) is 6. The van der Waals surface area contributed by atoms with Crippen molar-refractivity contribution in [2.45, 2.75) is 0 Å². The van der Waals surface area contributed by atoms with Gasteiger partial charge in [-0.2, -0.15) is 5.10 Å². The number of amides is 1. The molecule has 2 aromatic carbocycles. The van der Waals surface area contributed by atoms with Gasteiger partial charge in [0.05, 0.1) is 13.3 Å². The Kier molecular flexibility index (Phi) is 6.13. The van der Waals surface area contributed by atoms with Crippen LogP contribution < -0.4 is 14.9 Å². The number of rotatable bonds is 6. The summed E-state index contributed by atoms with van der Waals surface area (Å²) in [5, 5.41) is 5.65. The van der Waals surface area contributed by atoms with Gasteiger partial charge in [0, 0.05) is 5.56 Å². The third-order valence-corrected chi connectivity index (χ3v) is 4.45. The van der Waals surface area contributed by atoms with Gasteiger partial charge in [0.15, 0.2) is 11.5 Å². The van der Waals surface area contributed by atoms with Crippen molar-refractivity contribution in [3.8, 4) is 11.5 Å². The number of hydrogen-bond donors (Lipinski definition) is 1. The number of hydrazone groups is 1. The van der Waals surface area contributed by atoms with Gasteiger partial charge < -0.3 is 9.47 Å². The fourth-order valence-electron chi connectivity index (χ4n) is 2.22. The lowest BCUT2D eigenvalue weighted by Gasteiger charge is -2.09. The fourth-order valence-corrected chi connectivity index (χ4v) is 2.82. The molecule has 1 N–H and O–H groups in total. The SMILES string of the molecule is COc1cc(/C=N\NC(=O)c2ccc(F)cc2)ccc1OC(=O)c1cccs1. The van der Waals surface area contributed by atoms with E-state index in [2.05, 4.69) is 10.5 Å². The molecular weight excluding hydrogens is 383 g/mol. The zero-order valence-electron chi connectivity index (χ0n) is 14.7. The number of methoxy groups -OCH3 is 1. The molecular formula is C20H15FN2O4S. The van der Waals surface area contributed by atoms with Gasteiger partial charge in [0.2, 0.25) is 0 Å². The lowest BCUT2D eigenvalue weighted by molar-refractivity contribution is 0.0734. The molecule has 8 heteroatoms. The van der Waals surface area contributed by atoms with Gasteiger partial charge in [0.1, 0.15) is 10.7 Å². The molecule has 0 aliphatic rings. The first-order valence-electron chi connectivity index (χ1n) is 8.09. The minimum Gasteiger partial charge on any atom is -0.493 e. The Bertz CT molecular complexity index is 1000. The van der Waals surface area contributed by atoms with Crippen LogP contribution in [0.3, 0.4) is 0 Å². The zero-order valence-corrected chi connectivity index (χ0v) is 15.5. The standard InChI is InChI=1S/C20H15FN2O4S/c1-26-17-11-13(4-9-16(17)27-20(25)18-3-2-10-28-18)12-22-23-19(24)14-5-7-15(21)8-6-14/h2-12H,1H3,(H,23,24)/b22-12-. The van der Waals surface area contributed by atoms with E-state index in [9.17, 15) is 14.0 Å². The van der Waals surface area contributed by atoms with Crippen LogP contribution in [0, 0.1) is 5.82 Å². The van der Waals surface area contributed by atoms with E-state index in [1.54, 1.807) is 35.7 Å². The maximum Gasteiger partial charge on any atom is 0.353 e. The Hall–Kier alpha value is -3.52. The predicted molar refractivity (Wildman–Crippen MR) is 104 cm³/mol. The molecule has 1 aromatic heterocycles. The third kappa shape index (κ3) is 4.80. The highest BCUT2D eigenvalue weighted by atomic mass is 32.1. The van der Waals surface area contributed by atoms with E-state index in [1.165, 1.54) is 48.9 Å². The molecule has 142 valence electrons. The van der Waals surface area contributed by atoms with Gasteiger partial charge in [-0.15, -0.1) is 11.3 Å². The van der Waals surface area contributed by atoms with Crippen molar-refractivity contribution in [1.29, 1.82) is 0 Å². The molecule has 1 heterocycles. The maximum absolute atomic E-state index is 12.9. The van der Waals surface area contributed by atoms with Crippen LogP contribution >= 0.6 is 11.3 Å². The second-order valence-corrected chi connectivity index (χ2v) is 6.43. The first kappa shape index (κ1) is 19.2. The largest absolute Gasteiger partial charge is 0.493 e. The summed E-state index contributed by atoms with van der Waals surface area (Å²) in [4.78, 5) is 24.5. The van der Waals surface area contributed by atoms with Gasteiger partial charge in [-0.1, -0.05) is 6.07 Å². The Balaban J connectivity index is 1.66. The van der Waals surface area contributed by atoms with Crippen LogP contribution in [0.5, 0.6) is 11.5 Å². The van der Waals surface area contributed by atoms with Crippen LogP contribution in [0.4, 0.5) is 4.39 Å². The molecule has 3 rings (SSSR count). The lowest BCUT2D eigenvalue weighted by atomic mass is 10.2. The van der Waals surface area contributed by atoms with Gasteiger partial charge in [-0.05, 0) is 59.5 Å². The van der Waals surface area contributed by atoms with Gasteiger partial charge in [-0.3, -0.25) is 4.79 Å². The number of carbonyl (C=O) groups is 2. The highest BCUT2D eigenvalue weighted by Crippen LogP contribution is 2.28. The molecule has 0 aliphatic carbocycles. The summed E-state index contributed by atoms with van der Waals surface area (Å²) in [5.41, 5.74) is 3.25. The highest BCUT2D eigenvalue weighted by molar-refractivity contribution is 7.12. The summed E-state index contributed by atoms with van der Waals surface area (Å²) in [6, 6.07) is 13.4. The summed E-state index contributed by atoms with van der Waals surface area (Å²) in [6.45, 7) is 0. The molecule has 28 heavy (non-hydrogen) atoms. The van der Waals surface area contributed by atoms with Crippen molar-refractivity contribution in [2.75, 3.05) is 7.11 Å². The number of esters is 1. The van der Waals surface area contributed by atoms with Gasteiger partial charge >= 0.3 is 5.97 Å². The number of benzene rings is 2. The second-order valence-electron chi connectivity index (χ2n) is 5.48. The summed E-state index contributed by atoms with van der Waals surface area (Å²) in [7, 11) is 1.45. The molecule has 0 fully saturated rings. The number of carbonyl (C=O) groups excluding carboxylic acids is 2. The summed E-state index contributed by atoms with van der Waals surface area (Å²) in [5.74, 6) is -0.745. The maximum atomic E-state index is 12.9. The molecule has 6 nitrogen and oxygen atoms in total. The van der Waals surface area contributed by atoms with Gasteiger partial charge in [-0.25, -0.2) is 14.6 Å². The lowest BCUT2D eigenvalue weighted by Crippen LogP contribution is -2.17. The molecule has 0 radical (unpaired) electrons. The molecule has 1 amide bonds.